The molecule has 9 heavy (non-hydrogen) atoms. The van der Waals surface area contributed by atoms with E-state index in [9.17, 15) is 0 Å². The van der Waals surface area contributed by atoms with Gasteiger partial charge in [-0.25, -0.2) is 0 Å². The Labute approximate surface area is 58.9 Å². The predicted octanol–water partition coefficient (Wildman–Crippen LogP) is 1.02. The fourth-order valence-electron chi connectivity index (χ4n) is 0.633. The van der Waals surface area contributed by atoms with Gasteiger partial charge in [0.1, 0.15) is 0 Å². The van der Waals surface area contributed by atoms with Gasteiger partial charge in [-0.1, -0.05) is 0 Å². The molecule has 1 atom stereocenters. The standard InChI is InChI=1S/C6H16O2Si/c1-7-5-4-6-9(3)8-2/h9H,4-6H2,1-3H3. The van der Waals surface area contributed by atoms with Crippen molar-refractivity contribution in [2.75, 3.05) is 20.8 Å². The topological polar surface area (TPSA) is 18.5 Å². The van der Waals surface area contributed by atoms with Crippen LogP contribution < -0.4 is 0 Å². The maximum Gasteiger partial charge on any atom is 0.173 e. The highest BCUT2D eigenvalue weighted by atomic mass is 28.3. The van der Waals surface area contributed by atoms with Crippen LogP contribution in [0.15, 0.2) is 0 Å². The lowest BCUT2D eigenvalue weighted by atomic mass is 10.5. The fourth-order valence-corrected chi connectivity index (χ4v) is 1.61. The minimum atomic E-state index is -0.793. The van der Waals surface area contributed by atoms with Crippen LogP contribution in [0.25, 0.3) is 0 Å². The van der Waals surface area contributed by atoms with Gasteiger partial charge in [-0.3, -0.25) is 0 Å². The van der Waals surface area contributed by atoms with E-state index >= 15 is 0 Å². The van der Waals surface area contributed by atoms with Crippen molar-refractivity contribution >= 4 is 9.04 Å². The Balaban J connectivity index is 2.88. The van der Waals surface area contributed by atoms with E-state index in [0.717, 1.165) is 13.0 Å². The van der Waals surface area contributed by atoms with Crippen molar-refractivity contribution in [1.29, 1.82) is 0 Å². The van der Waals surface area contributed by atoms with Gasteiger partial charge in [0.15, 0.2) is 9.04 Å². The third-order valence-electron chi connectivity index (χ3n) is 1.36. The summed E-state index contributed by atoms with van der Waals surface area (Å²) in [7, 11) is 2.74. The molecule has 0 saturated heterocycles. The normalized spacial score (nSPS) is 13.7. The SMILES string of the molecule is COCCC[SiH](C)OC. The Morgan fingerprint density at radius 3 is 2.44 bits per heavy atom. The van der Waals surface area contributed by atoms with Gasteiger partial charge in [-0.15, -0.1) is 0 Å². The van der Waals surface area contributed by atoms with Crippen LogP contribution in [0.5, 0.6) is 0 Å². The van der Waals surface area contributed by atoms with Gasteiger partial charge in [0.05, 0.1) is 0 Å². The summed E-state index contributed by atoms with van der Waals surface area (Å²) in [5, 5.41) is 0. The van der Waals surface area contributed by atoms with E-state index in [2.05, 4.69) is 6.55 Å². The van der Waals surface area contributed by atoms with Gasteiger partial charge in [0.25, 0.3) is 0 Å². The molecule has 0 aliphatic rings. The molecular formula is C6H16O2Si. The van der Waals surface area contributed by atoms with Crippen LogP contribution in [0.1, 0.15) is 6.42 Å². The largest absolute Gasteiger partial charge is 0.423 e. The Morgan fingerprint density at radius 2 is 2.00 bits per heavy atom. The van der Waals surface area contributed by atoms with Crippen molar-refractivity contribution in [2.24, 2.45) is 0 Å². The van der Waals surface area contributed by atoms with Gasteiger partial charge in [-0.05, 0) is 19.0 Å². The van der Waals surface area contributed by atoms with E-state index in [0.29, 0.717) is 0 Å². The zero-order valence-corrected chi connectivity index (χ0v) is 7.67. The summed E-state index contributed by atoms with van der Waals surface area (Å²) in [5.74, 6) is 0. The van der Waals surface area contributed by atoms with Gasteiger partial charge in [-0.2, -0.15) is 0 Å². The summed E-state index contributed by atoms with van der Waals surface area (Å²) in [6.45, 7) is 3.08. The highest BCUT2D eigenvalue weighted by molar-refractivity contribution is 6.50. The molecule has 0 N–H and O–H groups in total. The highest BCUT2D eigenvalue weighted by Crippen LogP contribution is 1.96. The van der Waals surface area contributed by atoms with Crippen molar-refractivity contribution in [3.8, 4) is 0 Å². The number of hydrogen-bond donors (Lipinski definition) is 0. The Hall–Kier alpha value is 0.137. The molecule has 2 nitrogen and oxygen atoms in total. The lowest BCUT2D eigenvalue weighted by Crippen LogP contribution is -2.10. The first-order valence-corrected chi connectivity index (χ1v) is 5.77. The molecule has 0 fully saturated rings. The van der Waals surface area contributed by atoms with E-state index in [1.54, 1.807) is 14.2 Å². The van der Waals surface area contributed by atoms with Crippen LogP contribution in [-0.4, -0.2) is 29.9 Å². The second kappa shape index (κ2) is 6.26. The molecule has 0 aliphatic carbocycles. The molecule has 56 valence electrons. The zero-order chi connectivity index (χ0) is 7.11. The second-order valence-corrected chi connectivity index (χ2v) is 4.85. The molecule has 0 aliphatic heterocycles. The lowest BCUT2D eigenvalue weighted by molar-refractivity contribution is 0.198. The summed E-state index contributed by atoms with van der Waals surface area (Å²) < 4.78 is 10.1. The third kappa shape index (κ3) is 6.02. The molecular weight excluding hydrogens is 132 g/mol. The van der Waals surface area contributed by atoms with Crippen molar-refractivity contribution in [3.63, 3.8) is 0 Å². The van der Waals surface area contributed by atoms with E-state index in [1.807, 2.05) is 0 Å². The van der Waals surface area contributed by atoms with Crippen LogP contribution in [-0.2, 0) is 9.16 Å². The molecule has 0 aromatic heterocycles. The van der Waals surface area contributed by atoms with Crippen molar-refractivity contribution in [2.45, 2.75) is 19.0 Å². The number of ether oxygens (including phenoxy) is 1. The molecule has 0 spiro atoms. The highest BCUT2D eigenvalue weighted by Gasteiger charge is 1.99. The first-order valence-electron chi connectivity index (χ1n) is 3.33. The fraction of sp³-hybridized carbons (Fsp3) is 1.00. The first kappa shape index (κ1) is 9.14. The van der Waals surface area contributed by atoms with Crippen LogP contribution in [0.4, 0.5) is 0 Å². The summed E-state index contributed by atoms with van der Waals surface area (Å²) >= 11 is 0. The Morgan fingerprint density at radius 1 is 1.33 bits per heavy atom. The van der Waals surface area contributed by atoms with Gasteiger partial charge in [0.2, 0.25) is 0 Å². The number of hydrogen-bond acceptors (Lipinski definition) is 2. The van der Waals surface area contributed by atoms with E-state index in [-0.39, 0.29) is 0 Å². The molecule has 0 radical (unpaired) electrons. The average Bonchev–Trinajstić information content (AvgIpc) is 1.89. The van der Waals surface area contributed by atoms with Crippen molar-refractivity contribution < 1.29 is 9.16 Å². The Kier molecular flexibility index (Phi) is 6.35. The maximum absolute atomic E-state index is 5.18. The van der Waals surface area contributed by atoms with Gasteiger partial charge in [0, 0.05) is 20.8 Å². The molecule has 0 aromatic carbocycles. The zero-order valence-electron chi connectivity index (χ0n) is 6.52. The second-order valence-electron chi connectivity index (χ2n) is 2.18. The van der Waals surface area contributed by atoms with E-state index in [1.165, 1.54) is 6.04 Å². The van der Waals surface area contributed by atoms with Gasteiger partial charge >= 0.3 is 0 Å². The lowest BCUT2D eigenvalue weighted by Gasteiger charge is -2.05. The number of rotatable bonds is 5. The van der Waals surface area contributed by atoms with Crippen molar-refractivity contribution in [1.82, 2.24) is 0 Å². The first-order chi connectivity index (χ1) is 4.31. The average molecular weight is 148 g/mol. The molecule has 3 heteroatoms. The predicted molar refractivity (Wildman–Crippen MR) is 41.3 cm³/mol. The number of methoxy groups -OCH3 is 1. The summed E-state index contributed by atoms with van der Waals surface area (Å²) in [6, 6.07) is 1.23. The molecule has 0 rings (SSSR count). The van der Waals surface area contributed by atoms with Gasteiger partial charge < -0.3 is 9.16 Å². The van der Waals surface area contributed by atoms with Crippen molar-refractivity contribution in [3.05, 3.63) is 0 Å². The third-order valence-corrected chi connectivity index (χ3v) is 3.39. The van der Waals surface area contributed by atoms with E-state index in [4.69, 9.17) is 9.16 Å². The molecule has 0 aromatic rings. The minimum absolute atomic E-state index is 0.793. The maximum atomic E-state index is 5.18. The molecule has 1 unspecified atom stereocenters. The summed E-state index contributed by atoms with van der Waals surface area (Å²) in [6.07, 6.45) is 1.15. The molecule has 0 bridgehead atoms. The summed E-state index contributed by atoms with van der Waals surface area (Å²) in [5.41, 5.74) is 0. The van der Waals surface area contributed by atoms with Crippen LogP contribution in [0.3, 0.4) is 0 Å². The van der Waals surface area contributed by atoms with E-state index < -0.39 is 9.04 Å². The van der Waals surface area contributed by atoms with Crippen LogP contribution >= 0.6 is 0 Å². The smallest absolute Gasteiger partial charge is 0.173 e. The quantitative estimate of drug-likeness (QED) is 0.428. The monoisotopic (exact) mass is 148 g/mol. The molecule has 0 saturated carbocycles. The molecule has 0 heterocycles. The summed E-state index contributed by atoms with van der Waals surface area (Å²) in [4.78, 5) is 0. The van der Waals surface area contributed by atoms with Crippen LogP contribution in [0.2, 0.25) is 12.6 Å². The van der Waals surface area contributed by atoms with Crippen LogP contribution in [0, 0.1) is 0 Å². The minimum Gasteiger partial charge on any atom is -0.423 e. The molecule has 0 amide bonds. The Bertz CT molecular complexity index is 59.0.